The second-order valence-electron chi connectivity index (χ2n) is 17.3. The standard InChI is InChI=1S/C28H25Cl3N2O2.C26H26N2O/c1-18-15-20(11-13-23(18)19-7-3-2-4-8-19)27(35)33-17-22-12-14-25(26(34)28(29,30)31)32(22)16-21-9-5-6-10-24(21)33;1-19-16-21(13-14-24(19)20-8-3-2-4-9-20)26(29)28-18-23-11-7-15-27(23)17-22-10-5-6-12-25(22)28/h5-7,9-15H,2-4,8,16-17H2,1H3;5-8,10-16H,2-4,9,17-18H2,1H3. The molecule has 2 aromatic heterocycles. The number of aryl methyl sites for hydroxylation is 2. The lowest BCUT2D eigenvalue weighted by Gasteiger charge is -2.23. The summed E-state index contributed by atoms with van der Waals surface area (Å²) >= 11 is 17.7. The average Bonchev–Trinajstić information content (AvgIpc) is 3.83. The molecule has 2 aliphatic heterocycles. The van der Waals surface area contributed by atoms with E-state index < -0.39 is 9.58 Å². The Labute approximate surface area is 390 Å². The Balaban J connectivity index is 0.000000165. The molecule has 4 heterocycles. The molecule has 7 nitrogen and oxygen atoms in total. The minimum absolute atomic E-state index is 0.0689. The maximum absolute atomic E-state index is 13.8. The molecule has 0 saturated heterocycles. The van der Waals surface area contributed by atoms with Crippen LogP contribution in [0.15, 0.2) is 128 Å². The Hall–Kier alpha value is -5.60. The summed E-state index contributed by atoms with van der Waals surface area (Å²) in [6.45, 7) is 6.29. The van der Waals surface area contributed by atoms with Crippen LogP contribution in [0.2, 0.25) is 0 Å². The zero-order chi connectivity index (χ0) is 44.5. The van der Waals surface area contributed by atoms with Gasteiger partial charge in [0.1, 0.15) is 0 Å². The van der Waals surface area contributed by atoms with Crippen molar-refractivity contribution < 1.29 is 14.4 Å². The van der Waals surface area contributed by atoms with E-state index in [1.807, 2.05) is 70.1 Å². The fourth-order valence-electron chi connectivity index (χ4n) is 9.74. The summed E-state index contributed by atoms with van der Waals surface area (Å²) in [6, 6.07) is 35.8. The molecule has 0 spiro atoms. The number of carbonyl (C=O) groups is 3. The van der Waals surface area contributed by atoms with Gasteiger partial charge in [0.05, 0.1) is 25.3 Å². The van der Waals surface area contributed by atoms with Crippen LogP contribution in [-0.4, -0.2) is 30.5 Å². The first-order valence-electron chi connectivity index (χ1n) is 22.3. The number of hydrogen-bond acceptors (Lipinski definition) is 3. The fraction of sp³-hybridized carbons (Fsp3) is 0.278. The van der Waals surface area contributed by atoms with Gasteiger partial charge in [-0.1, -0.05) is 95.5 Å². The van der Waals surface area contributed by atoms with Gasteiger partial charge in [0.15, 0.2) is 0 Å². The molecule has 4 aliphatic rings. The van der Waals surface area contributed by atoms with Gasteiger partial charge in [-0.3, -0.25) is 14.4 Å². The maximum Gasteiger partial charge on any atom is 0.258 e. The fourth-order valence-corrected chi connectivity index (χ4v) is 10.0. The van der Waals surface area contributed by atoms with E-state index >= 15 is 0 Å². The maximum atomic E-state index is 13.8. The third kappa shape index (κ3) is 8.91. The Morgan fingerprint density at radius 3 is 1.59 bits per heavy atom. The van der Waals surface area contributed by atoms with Gasteiger partial charge in [-0.2, -0.15) is 0 Å². The molecule has 0 bridgehead atoms. The number of halogens is 3. The first kappa shape index (κ1) is 43.6. The van der Waals surface area contributed by atoms with E-state index in [1.165, 1.54) is 65.5 Å². The van der Waals surface area contributed by atoms with E-state index in [0.29, 0.717) is 30.9 Å². The SMILES string of the molecule is Cc1cc(C(=O)N2Cc3ccc(C(=O)C(Cl)(Cl)Cl)n3Cc3ccccc32)ccc1C1=CCCCC1.Cc1cc(C(=O)N2Cc3cccn3Cc3ccccc32)ccc1C1=CCCCC1. The summed E-state index contributed by atoms with van der Waals surface area (Å²) in [5.74, 6) is -0.609. The highest BCUT2D eigenvalue weighted by Gasteiger charge is 2.36. The largest absolute Gasteiger partial charge is 0.345 e. The number of anilines is 2. The van der Waals surface area contributed by atoms with Crippen molar-refractivity contribution in [1.29, 1.82) is 0 Å². The van der Waals surface area contributed by atoms with Crippen molar-refractivity contribution in [2.45, 2.75) is 95.2 Å². The number of para-hydroxylation sites is 2. The van der Waals surface area contributed by atoms with Crippen molar-refractivity contribution in [2.24, 2.45) is 0 Å². The monoisotopic (exact) mass is 908 g/mol. The molecular weight excluding hydrogens is 859 g/mol. The predicted molar refractivity (Wildman–Crippen MR) is 261 cm³/mol. The average molecular weight is 910 g/mol. The molecule has 64 heavy (non-hydrogen) atoms. The van der Waals surface area contributed by atoms with Gasteiger partial charge >= 0.3 is 0 Å². The molecule has 10 rings (SSSR count). The molecule has 0 unspecified atom stereocenters. The molecule has 0 fully saturated rings. The van der Waals surface area contributed by atoms with E-state index in [2.05, 4.69) is 79.2 Å². The summed E-state index contributed by atoms with van der Waals surface area (Å²) < 4.78 is 2.01. The van der Waals surface area contributed by atoms with Crippen molar-refractivity contribution in [3.63, 3.8) is 0 Å². The van der Waals surface area contributed by atoms with Crippen LogP contribution in [-0.2, 0) is 26.2 Å². The third-order valence-electron chi connectivity index (χ3n) is 13.1. The van der Waals surface area contributed by atoms with Crippen LogP contribution in [0.25, 0.3) is 11.1 Å². The van der Waals surface area contributed by atoms with Gasteiger partial charge in [-0.25, -0.2) is 0 Å². The molecule has 10 heteroatoms. The van der Waals surface area contributed by atoms with Crippen LogP contribution >= 0.6 is 34.8 Å². The molecule has 0 radical (unpaired) electrons. The highest BCUT2D eigenvalue weighted by atomic mass is 35.6. The van der Waals surface area contributed by atoms with Gasteiger partial charge in [0.2, 0.25) is 5.78 Å². The van der Waals surface area contributed by atoms with E-state index in [1.54, 1.807) is 11.0 Å². The van der Waals surface area contributed by atoms with Crippen molar-refractivity contribution >= 4 is 74.9 Å². The molecule has 6 aromatic rings. The van der Waals surface area contributed by atoms with E-state index in [0.717, 1.165) is 65.3 Å². The topological polar surface area (TPSA) is 67.6 Å². The number of ketones is 1. The molecule has 326 valence electrons. The Bertz CT molecular complexity index is 2840. The van der Waals surface area contributed by atoms with E-state index in [9.17, 15) is 14.4 Å². The van der Waals surface area contributed by atoms with Crippen LogP contribution < -0.4 is 9.80 Å². The van der Waals surface area contributed by atoms with Crippen molar-refractivity contribution in [3.05, 3.63) is 189 Å². The molecule has 2 aliphatic carbocycles. The number of amides is 2. The lowest BCUT2D eigenvalue weighted by molar-refractivity contribution is 0.0976. The molecule has 4 aromatic carbocycles. The minimum Gasteiger partial charge on any atom is -0.345 e. The normalized spacial score (nSPS) is 15.8. The van der Waals surface area contributed by atoms with E-state index in [4.69, 9.17) is 34.8 Å². The summed E-state index contributed by atoms with van der Waals surface area (Å²) in [6.07, 6.45) is 16.3. The van der Waals surface area contributed by atoms with Crippen molar-refractivity contribution in [3.8, 4) is 0 Å². The van der Waals surface area contributed by atoms with Crippen LogP contribution in [0, 0.1) is 13.8 Å². The Morgan fingerprint density at radius 1 is 0.547 bits per heavy atom. The van der Waals surface area contributed by atoms with Crippen LogP contribution in [0.1, 0.15) is 127 Å². The lowest BCUT2D eigenvalue weighted by Crippen LogP contribution is -2.30. The Kier molecular flexibility index (Phi) is 12.6. The number of rotatable bonds is 5. The first-order chi connectivity index (χ1) is 30.9. The van der Waals surface area contributed by atoms with E-state index in [-0.39, 0.29) is 11.8 Å². The summed E-state index contributed by atoms with van der Waals surface area (Å²) in [4.78, 5) is 43.9. The number of alkyl halides is 3. The Morgan fingerprint density at radius 2 is 1.08 bits per heavy atom. The van der Waals surface area contributed by atoms with Gasteiger partial charge in [-0.05, 0) is 170 Å². The van der Waals surface area contributed by atoms with Crippen LogP contribution in [0.5, 0.6) is 0 Å². The van der Waals surface area contributed by atoms with Gasteiger partial charge in [0, 0.05) is 46.6 Å². The number of carbonyl (C=O) groups excluding carboxylic acids is 3. The molecule has 0 N–H and O–H groups in total. The van der Waals surface area contributed by atoms with Crippen molar-refractivity contribution in [1.82, 2.24) is 9.13 Å². The summed E-state index contributed by atoms with van der Waals surface area (Å²) in [5.41, 5.74) is 15.2. The molecule has 2 amide bonds. The smallest absolute Gasteiger partial charge is 0.258 e. The zero-order valence-electron chi connectivity index (χ0n) is 36.3. The van der Waals surface area contributed by atoms with Crippen molar-refractivity contribution in [2.75, 3.05) is 9.80 Å². The molecular formula is C54H51Cl3N4O3. The van der Waals surface area contributed by atoms with Crippen LogP contribution in [0.4, 0.5) is 11.4 Å². The second-order valence-corrected chi connectivity index (χ2v) is 19.6. The van der Waals surface area contributed by atoms with Gasteiger partial charge in [0.25, 0.3) is 15.6 Å². The van der Waals surface area contributed by atoms with Gasteiger partial charge in [-0.15, -0.1) is 0 Å². The van der Waals surface area contributed by atoms with Crippen LogP contribution in [0.3, 0.4) is 0 Å². The number of hydrogen-bond donors (Lipinski definition) is 0. The number of fused-ring (bicyclic) bond motifs is 4. The zero-order valence-corrected chi connectivity index (χ0v) is 38.5. The quantitative estimate of drug-likeness (QED) is 0.128. The minimum atomic E-state index is -2.05. The number of allylic oxidation sites excluding steroid dienone is 4. The summed E-state index contributed by atoms with van der Waals surface area (Å²) in [5, 5.41) is 0. The third-order valence-corrected chi connectivity index (χ3v) is 13.6. The first-order valence-corrected chi connectivity index (χ1v) is 23.4. The summed E-state index contributed by atoms with van der Waals surface area (Å²) in [7, 11) is 0. The second kappa shape index (κ2) is 18.5. The molecule has 0 saturated carbocycles. The van der Waals surface area contributed by atoms with Gasteiger partial charge < -0.3 is 18.9 Å². The molecule has 0 atom stereocenters. The highest BCUT2D eigenvalue weighted by molar-refractivity contribution is 6.77. The predicted octanol–water partition coefficient (Wildman–Crippen LogP) is 13.5. The number of nitrogens with zero attached hydrogens (tertiary/aromatic N) is 4. The highest BCUT2D eigenvalue weighted by Crippen LogP contribution is 2.37. The number of aromatic nitrogens is 2. The number of benzene rings is 4. The lowest BCUT2D eigenvalue weighted by atomic mass is 9.90. The number of Topliss-reactive ketones (excluding diaryl/α,β-unsaturated/α-hetero) is 1.